The summed E-state index contributed by atoms with van der Waals surface area (Å²) in [4.78, 5) is 9.07. The van der Waals surface area contributed by atoms with Gasteiger partial charge in [0.1, 0.15) is 21.2 Å². The Kier molecular flexibility index (Phi) is 6.40. The third-order valence-electron chi connectivity index (χ3n) is 4.40. The van der Waals surface area contributed by atoms with Gasteiger partial charge in [-0.1, -0.05) is 6.42 Å². The highest BCUT2D eigenvalue weighted by Gasteiger charge is 2.17. The summed E-state index contributed by atoms with van der Waals surface area (Å²) in [5.41, 5.74) is 9.83. The first-order valence-electron chi connectivity index (χ1n) is 8.53. The number of hydrogen-bond acceptors (Lipinski definition) is 6. The van der Waals surface area contributed by atoms with E-state index in [0.717, 1.165) is 47.5 Å². The molecule has 0 fully saturated rings. The molecule has 2 heterocycles. The molecule has 0 unspecified atom stereocenters. The Morgan fingerprint density at radius 3 is 2.52 bits per heavy atom. The van der Waals surface area contributed by atoms with Crippen LogP contribution < -0.4 is 5.73 Å². The minimum atomic E-state index is -2.89. The first kappa shape index (κ1) is 19.7. The van der Waals surface area contributed by atoms with Gasteiger partial charge in [0.15, 0.2) is 5.82 Å². The molecule has 2 aromatic heterocycles. The van der Waals surface area contributed by atoms with Crippen LogP contribution in [0.1, 0.15) is 36.3 Å². The number of nitrogens with two attached hydrogens (primary N) is 1. The van der Waals surface area contributed by atoms with Gasteiger partial charge in [0.05, 0.1) is 12.1 Å². The molecule has 2 rings (SSSR count). The fourth-order valence-corrected chi connectivity index (χ4v) is 3.71. The number of unbranched alkanes of at least 4 members (excludes halogenated alkanes) is 2. The number of sulfone groups is 1. The van der Waals surface area contributed by atoms with Gasteiger partial charge in [0.2, 0.25) is 0 Å². The summed E-state index contributed by atoms with van der Waals surface area (Å²) in [6.07, 6.45) is 4.41. The van der Waals surface area contributed by atoms with Gasteiger partial charge in [-0.2, -0.15) is 0 Å². The average Bonchev–Trinajstić information content (AvgIpc) is 2.88. The van der Waals surface area contributed by atoms with Crippen LogP contribution in [0.15, 0.2) is 0 Å². The van der Waals surface area contributed by atoms with Crippen molar-refractivity contribution < 1.29 is 13.2 Å². The molecular formula is C17H28N4O3S. The molecule has 0 spiro atoms. The molecule has 0 bridgehead atoms. The van der Waals surface area contributed by atoms with E-state index >= 15 is 0 Å². The van der Waals surface area contributed by atoms with Crippen LogP contribution in [0.2, 0.25) is 0 Å². The molecule has 0 saturated carbocycles. The fraction of sp³-hybridized carbons (Fsp3) is 0.647. The number of hydrogen-bond donors (Lipinski definition) is 1. The summed E-state index contributed by atoms with van der Waals surface area (Å²) in [6, 6.07) is 0. The molecule has 0 aliphatic heterocycles. The topological polar surface area (TPSA) is 100 Å². The van der Waals surface area contributed by atoms with Crippen molar-refractivity contribution in [3.05, 3.63) is 17.1 Å². The average molecular weight is 369 g/mol. The van der Waals surface area contributed by atoms with Crippen molar-refractivity contribution in [3.8, 4) is 0 Å². The van der Waals surface area contributed by atoms with Crippen LogP contribution in [-0.2, 0) is 27.5 Å². The molecule has 0 radical (unpaired) electrons. The largest absolute Gasteiger partial charge is 0.384 e. The summed E-state index contributed by atoms with van der Waals surface area (Å²) in [7, 11) is -1.22. The molecular weight excluding hydrogens is 340 g/mol. The maximum absolute atomic E-state index is 11.2. The maximum atomic E-state index is 11.2. The Morgan fingerprint density at radius 2 is 1.88 bits per heavy atom. The molecule has 0 atom stereocenters. The van der Waals surface area contributed by atoms with Crippen molar-refractivity contribution in [2.75, 3.05) is 31.5 Å². The van der Waals surface area contributed by atoms with Crippen LogP contribution in [0.25, 0.3) is 11.0 Å². The SMILES string of the molecule is COCCc1nc2c(N)nc(C)c(C)c2n1CCCCCS(C)(=O)=O. The van der Waals surface area contributed by atoms with E-state index < -0.39 is 9.84 Å². The number of nitrogens with zero attached hydrogens (tertiary/aromatic N) is 3. The highest BCUT2D eigenvalue weighted by Crippen LogP contribution is 2.26. The zero-order valence-corrected chi connectivity index (χ0v) is 16.3. The van der Waals surface area contributed by atoms with Crippen molar-refractivity contribution in [2.45, 2.75) is 46.1 Å². The van der Waals surface area contributed by atoms with Crippen LogP contribution in [0.5, 0.6) is 0 Å². The molecule has 0 aliphatic carbocycles. The van der Waals surface area contributed by atoms with Crippen molar-refractivity contribution in [1.29, 1.82) is 0 Å². The highest BCUT2D eigenvalue weighted by atomic mass is 32.2. The minimum absolute atomic E-state index is 0.239. The molecule has 2 N–H and O–H groups in total. The van der Waals surface area contributed by atoms with E-state index in [1.165, 1.54) is 6.26 Å². The number of nitrogen functional groups attached to an aromatic ring is 1. The number of anilines is 1. The van der Waals surface area contributed by atoms with Gasteiger partial charge in [-0.15, -0.1) is 0 Å². The number of ether oxygens (including phenoxy) is 1. The van der Waals surface area contributed by atoms with Gasteiger partial charge in [0, 0.05) is 37.8 Å². The van der Waals surface area contributed by atoms with E-state index in [1.807, 2.05) is 13.8 Å². The quantitative estimate of drug-likeness (QED) is 0.680. The summed E-state index contributed by atoms with van der Waals surface area (Å²) >= 11 is 0. The smallest absolute Gasteiger partial charge is 0.151 e. The summed E-state index contributed by atoms with van der Waals surface area (Å²) in [6.45, 7) is 5.35. The zero-order chi connectivity index (χ0) is 18.6. The summed E-state index contributed by atoms with van der Waals surface area (Å²) < 4.78 is 29.9. The fourth-order valence-electron chi connectivity index (χ4n) is 2.98. The number of methoxy groups -OCH3 is 1. The molecule has 0 aliphatic rings. The lowest BCUT2D eigenvalue weighted by Crippen LogP contribution is -2.09. The Hall–Kier alpha value is -1.67. The van der Waals surface area contributed by atoms with Gasteiger partial charge < -0.3 is 15.0 Å². The van der Waals surface area contributed by atoms with Crippen molar-refractivity contribution in [3.63, 3.8) is 0 Å². The van der Waals surface area contributed by atoms with Crippen molar-refractivity contribution >= 4 is 26.7 Å². The minimum Gasteiger partial charge on any atom is -0.384 e. The lowest BCUT2D eigenvalue weighted by atomic mass is 10.2. The zero-order valence-electron chi connectivity index (χ0n) is 15.5. The van der Waals surface area contributed by atoms with Gasteiger partial charge in [-0.05, 0) is 32.3 Å². The normalized spacial score (nSPS) is 12.2. The number of aromatic nitrogens is 3. The van der Waals surface area contributed by atoms with Crippen LogP contribution >= 0.6 is 0 Å². The molecule has 140 valence electrons. The van der Waals surface area contributed by atoms with Gasteiger partial charge in [-0.3, -0.25) is 0 Å². The second kappa shape index (κ2) is 8.14. The Morgan fingerprint density at radius 1 is 1.16 bits per heavy atom. The number of fused-ring (bicyclic) bond motifs is 1. The number of rotatable bonds is 9. The molecule has 2 aromatic rings. The number of pyridine rings is 1. The lowest BCUT2D eigenvalue weighted by molar-refractivity contribution is 0.199. The second-order valence-electron chi connectivity index (χ2n) is 6.52. The molecule has 25 heavy (non-hydrogen) atoms. The van der Waals surface area contributed by atoms with Gasteiger partial charge in [-0.25, -0.2) is 18.4 Å². The highest BCUT2D eigenvalue weighted by molar-refractivity contribution is 7.90. The molecule has 0 saturated heterocycles. The third-order valence-corrected chi connectivity index (χ3v) is 5.43. The van der Waals surface area contributed by atoms with E-state index in [1.54, 1.807) is 7.11 Å². The number of aryl methyl sites for hydroxylation is 3. The van der Waals surface area contributed by atoms with Gasteiger partial charge in [0.25, 0.3) is 0 Å². The molecule has 7 nitrogen and oxygen atoms in total. The van der Waals surface area contributed by atoms with E-state index in [0.29, 0.717) is 25.3 Å². The molecule has 8 heteroatoms. The first-order chi connectivity index (χ1) is 11.7. The number of imidazole rings is 1. The summed E-state index contributed by atoms with van der Waals surface area (Å²) in [5.74, 6) is 1.62. The lowest BCUT2D eigenvalue weighted by Gasteiger charge is -2.11. The maximum Gasteiger partial charge on any atom is 0.151 e. The van der Waals surface area contributed by atoms with Crippen LogP contribution in [0.3, 0.4) is 0 Å². The summed E-state index contributed by atoms with van der Waals surface area (Å²) in [5, 5.41) is 0. The molecule has 0 aromatic carbocycles. The Balaban J connectivity index is 2.25. The predicted molar refractivity (Wildman–Crippen MR) is 101 cm³/mol. The third kappa shape index (κ3) is 4.92. The van der Waals surface area contributed by atoms with E-state index in [2.05, 4.69) is 14.5 Å². The van der Waals surface area contributed by atoms with E-state index in [-0.39, 0.29) is 5.75 Å². The molecule has 0 amide bonds. The second-order valence-corrected chi connectivity index (χ2v) is 8.78. The van der Waals surface area contributed by atoms with Crippen molar-refractivity contribution in [1.82, 2.24) is 14.5 Å². The van der Waals surface area contributed by atoms with E-state index in [9.17, 15) is 8.42 Å². The van der Waals surface area contributed by atoms with Crippen LogP contribution in [-0.4, -0.2) is 48.7 Å². The van der Waals surface area contributed by atoms with Gasteiger partial charge >= 0.3 is 0 Å². The predicted octanol–water partition coefficient (Wildman–Crippen LogP) is 2.03. The standard InChI is InChI=1S/C17H28N4O3S/c1-12-13(2)19-17(18)15-16(12)21(14(20-15)8-10-24-3)9-6-5-7-11-25(4,22)23/h5-11H2,1-4H3,(H2,18,19). The van der Waals surface area contributed by atoms with Crippen LogP contribution in [0, 0.1) is 13.8 Å². The van der Waals surface area contributed by atoms with Crippen molar-refractivity contribution in [2.24, 2.45) is 0 Å². The van der Waals surface area contributed by atoms with Crippen LogP contribution in [0.4, 0.5) is 5.82 Å². The Labute approximate surface area is 149 Å². The monoisotopic (exact) mass is 368 g/mol. The van der Waals surface area contributed by atoms with E-state index in [4.69, 9.17) is 10.5 Å². The first-order valence-corrected chi connectivity index (χ1v) is 10.6. The Bertz CT molecular complexity index is 843.